The van der Waals surface area contributed by atoms with Gasteiger partial charge in [-0.2, -0.15) is 0 Å². The number of piperazine rings is 1. The van der Waals surface area contributed by atoms with E-state index in [1.165, 1.54) is 0 Å². The highest BCUT2D eigenvalue weighted by Crippen LogP contribution is 2.17. The minimum Gasteiger partial charge on any atom is -0.368 e. The third-order valence-electron chi connectivity index (χ3n) is 4.42. The molecule has 2 heterocycles. The maximum absolute atomic E-state index is 12.3. The molecular formula is C17H20ClN3O3S. The smallest absolute Gasteiger partial charge is 0.258 e. The van der Waals surface area contributed by atoms with E-state index in [2.05, 4.69) is 5.32 Å². The van der Waals surface area contributed by atoms with Crippen molar-refractivity contribution in [3.8, 4) is 0 Å². The molecule has 2 aliphatic heterocycles. The number of hydrogen-bond acceptors (Lipinski definition) is 4. The molecule has 1 aromatic carbocycles. The van der Waals surface area contributed by atoms with Crippen LogP contribution in [-0.2, 0) is 9.53 Å². The van der Waals surface area contributed by atoms with Crippen molar-refractivity contribution in [1.29, 1.82) is 0 Å². The maximum Gasteiger partial charge on any atom is 0.258 e. The summed E-state index contributed by atoms with van der Waals surface area (Å²) in [7, 11) is 0. The van der Waals surface area contributed by atoms with E-state index < -0.39 is 0 Å². The van der Waals surface area contributed by atoms with E-state index in [9.17, 15) is 9.59 Å². The zero-order valence-corrected chi connectivity index (χ0v) is 15.3. The Morgan fingerprint density at radius 2 is 1.84 bits per heavy atom. The number of rotatable bonds is 2. The normalized spacial score (nSPS) is 20.4. The van der Waals surface area contributed by atoms with Crippen LogP contribution in [0.3, 0.4) is 0 Å². The molecule has 1 N–H and O–H groups in total. The van der Waals surface area contributed by atoms with Crippen molar-refractivity contribution in [2.75, 3.05) is 32.8 Å². The van der Waals surface area contributed by atoms with Crippen LogP contribution < -0.4 is 5.32 Å². The molecular weight excluding hydrogens is 362 g/mol. The van der Waals surface area contributed by atoms with Gasteiger partial charge in [0.25, 0.3) is 11.8 Å². The molecule has 0 aliphatic carbocycles. The Labute approximate surface area is 157 Å². The molecule has 0 bridgehead atoms. The van der Waals surface area contributed by atoms with Gasteiger partial charge in [0.1, 0.15) is 6.10 Å². The summed E-state index contributed by atoms with van der Waals surface area (Å²) in [5.41, 5.74) is 0.388. The predicted octanol–water partition coefficient (Wildman–Crippen LogP) is 1.68. The Hall–Kier alpha value is -1.70. The van der Waals surface area contributed by atoms with Gasteiger partial charge >= 0.3 is 0 Å². The van der Waals surface area contributed by atoms with Gasteiger partial charge in [-0.15, -0.1) is 0 Å². The molecule has 25 heavy (non-hydrogen) atoms. The first-order chi connectivity index (χ1) is 12.1. The molecule has 2 saturated heterocycles. The number of thiocarbonyl (C=S) groups is 1. The average Bonchev–Trinajstić information content (AvgIpc) is 3.16. The van der Waals surface area contributed by atoms with E-state index in [-0.39, 0.29) is 17.9 Å². The molecule has 1 unspecified atom stereocenters. The van der Waals surface area contributed by atoms with Gasteiger partial charge in [-0.1, -0.05) is 23.7 Å². The molecule has 2 aliphatic rings. The first kappa shape index (κ1) is 18.1. The fourth-order valence-corrected chi connectivity index (χ4v) is 3.49. The van der Waals surface area contributed by atoms with Gasteiger partial charge in [0.15, 0.2) is 5.11 Å². The number of carbonyl (C=O) groups is 2. The number of hydrogen-bond donors (Lipinski definition) is 1. The summed E-state index contributed by atoms with van der Waals surface area (Å²) in [5.74, 6) is -0.267. The number of amides is 2. The number of nitrogens with one attached hydrogen (secondary N) is 1. The number of halogens is 1. The van der Waals surface area contributed by atoms with Gasteiger partial charge in [-0.25, -0.2) is 0 Å². The lowest BCUT2D eigenvalue weighted by molar-refractivity contribution is -0.142. The quantitative estimate of drug-likeness (QED) is 0.790. The van der Waals surface area contributed by atoms with Crippen LogP contribution in [0.4, 0.5) is 0 Å². The highest BCUT2D eigenvalue weighted by atomic mass is 35.5. The Balaban J connectivity index is 1.50. The standard InChI is InChI=1S/C17H20ClN3O3S/c18-13-5-2-1-4-12(13)15(22)19-17(25)21-9-7-20(8-10-21)16(23)14-6-3-11-24-14/h1-2,4-5,14H,3,6-11H2,(H,19,22,25). The van der Waals surface area contributed by atoms with E-state index in [0.29, 0.717) is 48.5 Å². The predicted molar refractivity (Wildman–Crippen MR) is 98.6 cm³/mol. The van der Waals surface area contributed by atoms with Gasteiger partial charge in [0.05, 0.1) is 10.6 Å². The van der Waals surface area contributed by atoms with Crippen LogP contribution in [-0.4, -0.2) is 65.6 Å². The third kappa shape index (κ3) is 4.29. The number of benzene rings is 1. The van der Waals surface area contributed by atoms with Crippen molar-refractivity contribution >= 4 is 40.7 Å². The molecule has 0 saturated carbocycles. The van der Waals surface area contributed by atoms with Gasteiger partial charge in [0, 0.05) is 32.8 Å². The Morgan fingerprint density at radius 1 is 1.16 bits per heavy atom. The molecule has 6 nitrogen and oxygen atoms in total. The van der Waals surface area contributed by atoms with E-state index in [0.717, 1.165) is 12.8 Å². The largest absolute Gasteiger partial charge is 0.368 e. The van der Waals surface area contributed by atoms with Gasteiger partial charge < -0.3 is 14.5 Å². The molecule has 1 aromatic rings. The van der Waals surface area contributed by atoms with E-state index in [1.54, 1.807) is 24.3 Å². The first-order valence-electron chi connectivity index (χ1n) is 8.31. The molecule has 3 rings (SSSR count). The Bertz CT molecular complexity index is 671. The Morgan fingerprint density at radius 3 is 2.48 bits per heavy atom. The minimum absolute atomic E-state index is 0.0585. The topological polar surface area (TPSA) is 61.9 Å². The van der Waals surface area contributed by atoms with Crippen LogP contribution in [0.1, 0.15) is 23.2 Å². The summed E-state index contributed by atoms with van der Waals surface area (Å²) in [6.45, 7) is 2.97. The van der Waals surface area contributed by atoms with Gasteiger partial charge in [-0.3, -0.25) is 14.9 Å². The minimum atomic E-state index is -0.325. The lowest BCUT2D eigenvalue weighted by atomic mass is 10.2. The summed E-state index contributed by atoms with van der Waals surface area (Å²) in [6, 6.07) is 6.83. The highest BCUT2D eigenvalue weighted by Gasteiger charge is 2.31. The third-order valence-corrected chi connectivity index (χ3v) is 5.11. The van der Waals surface area contributed by atoms with Crippen LogP contribution in [0.25, 0.3) is 0 Å². The van der Waals surface area contributed by atoms with Crippen molar-refractivity contribution < 1.29 is 14.3 Å². The second kappa shape index (κ2) is 8.12. The number of nitrogens with zero attached hydrogens (tertiary/aromatic N) is 2. The fraction of sp³-hybridized carbons (Fsp3) is 0.471. The average molecular weight is 382 g/mol. The number of carbonyl (C=O) groups excluding carboxylic acids is 2. The SMILES string of the molecule is O=C(NC(=S)N1CCN(C(=O)C2CCCO2)CC1)c1ccccc1Cl. The molecule has 2 amide bonds. The number of ether oxygens (including phenoxy) is 1. The molecule has 134 valence electrons. The van der Waals surface area contributed by atoms with Crippen LogP contribution in [0, 0.1) is 0 Å². The molecule has 0 spiro atoms. The van der Waals surface area contributed by atoms with Crippen molar-refractivity contribution in [2.24, 2.45) is 0 Å². The van der Waals surface area contributed by atoms with Crippen LogP contribution in [0.2, 0.25) is 5.02 Å². The zero-order chi connectivity index (χ0) is 17.8. The second-order valence-corrected chi connectivity index (χ2v) is 6.85. The molecule has 0 radical (unpaired) electrons. The monoisotopic (exact) mass is 381 g/mol. The van der Waals surface area contributed by atoms with Crippen molar-refractivity contribution in [3.05, 3.63) is 34.9 Å². The molecule has 1 atom stereocenters. The lowest BCUT2D eigenvalue weighted by Gasteiger charge is -2.36. The van der Waals surface area contributed by atoms with Crippen LogP contribution in [0.5, 0.6) is 0 Å². The fourth-order valence-electron chi connectivity index (χ4n) is 2.99. The van der Waals surface area contributed by atoms with E-state index in [1.807, 2.05) is 9.80 Å². The van der Waals surface area contributed by atoms with Gasteiger partial charge in [0.2, 0.25) is 0 Å². The van der Waals surface area contributed by atoms with E-state index in [4.69, 9.17) is 28.6 Å². The zero-order valence-electron chi connectivity index (χ0n) is 13.7. The van der Waals surface area contributed by atoms with Crippen LogP contribution in [0.15, 0.2) is 24.3 Å². The molecule has 8 heteroatoms. The second-order valence-electron chi connectivity index (χ2n) is 6.05. The van der Waals surface area contributed by atoms with Crippen molar-refractivity contribution in [3.63, 3.8) is 0 Å². The summed E-state index contributed by atoms with van der Waals surface area (Å²) >= 11 is 11.4. The Kier molecular flexibility index (Phi) is 5.88. The van der Waals surface area contributed by atoms with Gasteiger partial charge in [-0.05, 0) is 37.2 Å². The van der Waals surface area contributed by atoms with Crippen molar-refractivity contribution in [1.82, 2.24) is 15.1 Å². The first-order valence-corrected chi connectivity index (χ1v) is 9.10. The summed E-state index contributed by atoms with van der Waals surface area (Å²) in [5, 5.41) is 3.45. The van der Waals surface area contributed by atoms with Crippen LogP contribution >= 0.6 is 23.8 Å². The maximum atomic E-state index is 12.3. The lowest BCUT2D eigenvalue weighted by Crippen LogP contribution is -2.55. The molecule has 0 aromatic heterocycles. The van der Waals surface area contributed by atoms with E-state index >= 15 is 0 Å². The summed E-state index contributed by atoms with van der Waals surface area (Å²) in [6.07, 6.45) is 1.44. The molecule has 2 fully saturated rings. The van der Waals surface area contributed by atoms with Crippen molar-refractivity contribution in [2.45, 2.75) is 18.9 Å². The highest BCUT2D eigenvalue weighted by molar-refractivity contribution is 7.80. The summed E-state index contributed by atoms with van der Waals surface area (Å²) in [4.78, 5) is 28.3. The summed E-state index contributed by atoms with van der Waals surface area (Å²) < 4.78 is 5.45.